The molecule has 0 aromatic carbocycles. The number of aryl methyl sites for hydroxylation is 2. The zero-order valence-electron chi connectivity index (χ0n) is 10.6. The summed E-state index contributed by atoms with van der Waals surface area (Å²) in [6.45, 7) is 3.72. The van der Waals surface area contributed by atoms with Crippen LogP contribution in [0.25, 0.3) is 0 Å². The molecule has 0 atom stereocenters. The van der Waals surface area contributed by atoms with E-state index in [9.17, 15) is 0 Å². The fraction of sp³-hybridized carbons (Fsp3) is 0.385. The lowest BCUT2D eigenvalue weighted by Crippen LogP contribution is -2.20. The Morgan fingerprint density at radius 2 is 2.06 bits per heavy atom. The lowest BCUT2D eigenvalue weighted by molar-refractivity contribution is 0.303. The van der Waals surface area contributed by atoms with E-state index in [1.165, 1.54) is 5.56 Å². The summed E-state index contributed by atoms with van der Waals surface area (Å²) in [5.41, 5.74) is 2.29. The summed E-state index contributed by atoms with van der Waals surface area (Å²) in [5, 5.41) is 0. The molecule has 0 saturated carbocycles. The lowest BCUT2D eigenvalue weighted by atomic mass is 10.2. The van der Waals surface area contributed by atoms with Gasteiger partial charge in [0.2, 0.25) is 0 Å². The molecule has 0 aliphatic carbocycles. The molecular formula is C13H18N4. The molecule has 0 aliphatic heterocycles. The topological polar surface area (TPSA) is 34.0 Å². The molecule has 0 N–H and O–H groups in total. The standard InChI is InChI=1S/C13H18N4/c1-11-4-5-12(15-8-11)9-16(2)10-13-14-6-7-17(13)3/h4-8H,9-10H2,1-3H3. The van der Waals surface area contributed by atoms with Gasteiger partial charge in [-0.3, -0.25) is 9.88 Å². The van der Waals surface area contributed by atoms with Crippen molar-refractivity contribution in [1.29, 1.82) is 0 Å². The van der Waals surface area contributed by atoms with Crippen LogP contribution in [0.1, 0.15) is 17.1 Å². The molecule has 4 nitrogen and oxygen atoms in total. The molecule has 90 valence electrons. The predicted octanol–water partition coefficient (Wildman–Crippen LogP) is 1.76. The molecule has 0 radical (unpaired) electrons. The molecule has 0 fully saturated rings. The number of hydrogen-bond donors (Lipinski definition) is 0. The van der Waals surface area contributed by atoms with Crippen molar-refractivity contribution in [2.45, 2.75) is 20.0 Å². The van der Waals surface area contributed by atoms with Crippen molar-refractivity contribution >= 4 is 0 Å². The summed E-state index contributed by atoms with van der Waals surface area (Å²) in [7, 11) is 4.09. The second kappa shape index (κ2) is 5.10. The van der Waals surface area contributed by atoms with E-state index in [0.717, 1.165) is 24.6 Å². The highest BCUT2D eigenvalue weighted by Gasteiger charge is 2.05. The van der Waals surface area contributed by atoms with Crippen LogP contribution in [0.4, 0.5) is 0 Å². The van der Waals surface area contributed by atoms with Gasteiger partial charge in [-0.15, -0.1) is 0 Å². The number of nitrogens with zero attached hydrogens (tertiary/aromatic N) is 4. The first-order valence-electron chi connectivity index (χ1n) is 5.71. The highest BCUT2D eigenvalue weighted by atomic mass is 15.2. The number of hydrogen-bond acceptors (Lipinski definition) is 3. The van der Waals surface area contributed by atoms with Crippen LogP contribution in [-0.2, 0) is 20.1 Å². The van der Waals surface area contributed by atoms with E-state index in [2.05, 4.69) is 34.0 Å². The molecule has 17 heavy (non-hydrogen) atoms. The summed E-state index contributed by atoms with van der Waals surface area (Å²) >= 11 is 0. The summed E-state index contributed by atoms with van der Waals surface area (Å²) < 4.78 is 2.04. The van der Waals surface area contributed by atoms with Gasteiger partial charge in [-0.1, -0.05) is 6.07 Å². The Labute approximate surface area is 102 Å². The molecule has 2 heterocycles. The molecular weight excluding hydrogens is 212 g/mol. The second-order valence-corrected chi connectivity index (χ2v) is 4.45. The van der Waals surface area contributed by atoms with Gasteiger partial charge in [-0.25, -0.2) is 4.98 Å². The molecule has 0 spiro atoms. The van der Waals surface area contributed by atoms with Crippen LogP contribution in [0.2, 0.25) is 0 Å². The van der Waals surface area contributed by atoms with Gasteiger partial charge in [0, 0.05) is 32.2 Å². The van der Waals surface area contributed by atoms with Crippen LogP contribution < -0.4 is 0 Å². The van der Waals surface area contributed by atoms with Crippen molar-refractivity contribution in [2.75, 3.05) is 7.05 Å². The molecule has 4 heteroatoms. The molecule has 2 aromatic heterocycles. The molecule has 0 aliphatic rings. The maximum Gasteiger partial charge on any atom is 0.122 e. The molecule has 0 bridgehead atoms. The molecule has 0 unspecified atom stereocenters. The average Bonchev–Trinajstić information content (AvgIpc) is 2.68. The third-order valence-electron chi connectivity index (χ3n) is 2.74. The highest BCUT2D eigenvalue weighted by Crippen LogP contribution is 2.05. The fourth-order valence-corrected chi connectivity index (χ4v) is 1.71. The quantitative estimate of drug-likeness (QED) is 0.802. The van der Waals surface area contributed by atoms with Crippen molar-refractivity contribution in [2.24, 2.45) is 7.05 Å². The zero-order chi connectivity index (χ0) is 12.3. The van der Waals surface area contributed by atoms with Gasteiger partial charge in [-0.05, 0) is 25.6 Å². The van der Waals surface area contributed by atoms with Gasteiger partial charge in [0.05, 0.1) is 12.2 Å². The van der Waals surface area contributed by atoms with E-state index >= 15 is 0 Å². The maximum absolute atomic E-state index is 4.40. The van der Waals surface area contributed by atoms with Gasteiger partial charge < -0.3 is 4.57 Å². The number of aromatic nitrogens is 3. The van der Waals surface area contributed by atoms with Crippen LogP contribution in [0.5, 0.6) is 0 Å². The lowest BCUT2D eigenvalue weighted by Gasteiger charge is -2.15. The van der Waals surface area contributed by atoms with Crippen LogP contribution in [0, 0.1) is 6.92 Å². The molecule has 2 aromatic rings. The Bertz CT molecular complexity index is 472. The van der Waals surface area contributed by atoms with E-state index < -0.39 is 0 Å². The van der Waals surface area contributed by atoms with Crippen LogP contribution in [0.3, 0.4) is 0 Å². The van der Waals surface area contributed by atoms with Crippen molar-refractivity contribution in [3.8, 4) is 0 Å². The fourth-order valence-electron chi connectivity index (χ4n) is 1.71. The largest absolute Gasteiger partial charge is 0.337 e. The van der Waals surface area contributed by atoms with Gasteiger partial charge in [0.1, 0.15) is 5.82 Å². The van der Waals surface area contributed by atoms with Crippen molar-refractivity contribution in [3.05, 3.63) is 47.8 Å². The Balaban J connectivity index is 1.95. The van der Waals surface area contributed by atoms with Gasteiger partial charge in [0.25, 0.3) is 0 Å². The van der Waals surface area contributed by atoms with Gasteiger partial charge in [0.15, 0.2) is 0 Å². The van der Waals surface area contributed by atoms with Crippen molar-refractivity contribution in [3.63, 3.8) is 0 Å². The monoisotopic (exact) mass is 230 g/mol. The Kier molecular flexibility index (Phi) is 3.54. The summed E-state index contributed by atoms with van der Waals surface area (Å²) in [5.74, 6) is 1.07. The van der Waals surface area contributed by atoms with E-state index in [0.29, 0.717) is 0 Å². The van der Waals surface area contributed by atoms with E-state index in [-0.39, 0.29) is 0 Å². The van der Waals surface area contributed by atoms with Gasteiger partial charge in [-0.2, -0.15) is 0 Å². The van der Waals surface area contributed by atoms with E-state index in [4.69, 9.17) is 0 Å². The summed E-state index contributed by atoms with van der Waals surface area (Å²) in [6, 6.07) is 4.17. The molecule has 2 rings (SSSR count). The average molecular weight is 230 g/mol. The Morgan fingerprint density at radius 3 is 2.65 bits per heavy atom. The third-order valence-corrected chi connectivity index (χ3v) is 2.74. The van der Waals surface area contributed by atoms with Crippen LogP contribution in [-0.4, -0.2) is 26.5 Å². The molecule has 0 saturated heterocycles. The zero-order valence-corrected chi connectivity index (χ0v) is 10.6. The highest BCUT2D eigenvalue weighted by molar-refractivity contribution is 5.12. The Morgan fingerprint density at radius 1 is 1.24 bits per heavy atom. The minimum atomic E-state index is 0.832. The van der Waals surface area contributed by atoms with Crippen molar-refractivity contribution < 1.29 is 0 Å². The van der Waals surface area contributed by atoms with Crippen LogP contribution in [0.15, 0.2) is 30.7 Å². The minimum absolute atomic E-state index is 0.832. The first-order valence-corrected chi connectivity index (χ1v) is 5.71. The maximum atomic E-state index is 4.40. The number of imidazole rings is 1. The second-order valence-electron chi connectivity index (χ2n) is 4.45. The number of rotatable bonds is 4. The van der Waals surface area contributed by atoms with Crippen LogP contribution >= 0.6 is 0 Å². The van der Waals surface area contributed by atoms with Crippen molar-refractivity contribution in [1.82, 2.24) is 19.4 Å². The number of pyridine rings is 1. The molecule has 0 amide bonds. The van der Waals surface area contributed by atoms with E-state index in [1.807, 2.05) is 37.1 Å². The smallest absolute Gasteiger partial charge is 0.122 e. The van der Waals surface area contributed by atoms with E-state index in [1.54, 1.807) is 0 Å². The Hall–Kier alpha value is -1.68. The minimum Gasteiger partial charge on any atom is -0.337 e. The SMILES string of the molecule is Cc1ccc(CN(C)Cc2nccn2C)nc1. The normalized spacial score (nSPS) is 11.1. The summed E-state index contributed by atoms with van der Waals surface area (Å²) in [6.07, 6.45) is 5.70. The first-order chi connectivity index (χ1) is 8.15. The first kappa shape index (κ1) is 11.8. The van der Waals surface area contributed by atoms with Gasteiger partial charge >= 0.3 is 0 Å². The summed E-state index contributed by atoms with van der Waals surface area (Å²) in [4.78, 5) is 10.9. The predicted molar refractivity (Wildman–Crippen MR) is 67.4 cm³/mol. The third kappa shape index (κ3) is 3.14.